The van der Waals surface area contributed by atoms with E-state index in [4.69, 9.17) is 16.3 Å². The zero-order chi connectivity index (χ0) is 19.8. The lowest BCUT2D eigenvalue weighted by atomic mass is 10.2. The molecule has 2 amide bonds. The van der Waals surface area contributed by atoms with Gasteiger partial charge in [0.15, 0.2) is 0 Å². The highest BCUT2D eigenvalue weighted by molar-refractivity contribution is 6.39. The number of hydrogen-bond acceptors (Lipinski definition) is 6. The number of amides is 2. The summed E-state index contributed by atoms with van der Waals surface area (Å²) < 4.78 is 5.04. The molecule has 2 rings (SSSR count). The van der Waals surface area contributed by atoms with Crippen molar-refractivity contribution < 1.29 is 24.2 Å². The average molecular weight is 389 g/mol. The highest BCUT2D eigenvalue weighted by Crippen LogP contribution is 2.21. The number of hydrazone groups is 1. The Kier molecular flexibility index (Phi) is 6.90. The van der Waals surface area contributed by atoms with Gasteiger partial charge < -0.3 is 20.0 Å². The highest BCUT2D eigenvalue weighted by Gasteiger charge is 2.13. The Morgan fingerprint density at radius 1 is 1.19 bits per heavy atom. The van der Waals surface area contributed by atoms with E-state index >= 15 is 0 Å². The predicted molar refractivity (Wildman–Crippen MR) is 97.5 cm³/mol. The second kappa shape index (κ2) is 9.35. The van der Waals surface area contributed by atoms with Crippen LogP contribution in [0.15, 0.2) is 47.6 Å². The first-order chi connectivity index (χ1) is 12.8. The summed E-state index contributed by atoms with van der Waals surface area (Å²) in [5.74, 6) is -3.09. The highest BCUT2D eigenvalue weighted by atomic mass is 35.5. The van der Waals surface area contributed by atoms with Crippen LogP contribution in [0, 0.1) is 6.92 Å². The Balaban J connectivity index is 1.99. The van der Waals surface area contributed by atoms with Crippen molar-refractivity contribution in [3.8, 4) is 5.75 Å². The molecule has 0 fully saturated rings. The van der Waals surface area contributed by atoms with E-state index < -0.39 is 24.4 Å². The molecule has 0 bridgehead atoms. The molecule has 9 heteroatoms. The molecule has 0 atom stereocenters. The maximum absolute atomic E-state index is 11.8. The number of carboxylic acid groups (broad SMARTS) is 1. The summed E-state index contributed by atoms with van der Waals surface area (Å²) >= 11 is 5.88. The van der Waals surface area contributed by atoms with Crippen LogP contribution in [0.25, 0.3) is 0 Å². The third-order valence-corrected chi connectivity index (χ3v) is 3.40. The number of anilines is 1. The number of carbonyl (C=O) groups excluding carboxylic acids is 3. The molecule has 0 saturated heterocycles. The van der Waals surface area contributed by atoms with Gasteiger partial charge >= 0.3 is 11.8 Å². The smallest absolute Gasteiger partial charge is 0.329 e. The fourth-order valence-corrected chi connectivity index (χ4v) is 2.19. The fourth-order valence-electron chi connectivity index (χ4n) is 2.01. The van der Waals surface area contributed by atoms with Crippen LogP contribution in [-0.4, -0.2) is 30.6 Å². The van der Waals surface area contributed by atoms with Gasteiger partial charge in [-0.25, -0.2) is 5.43 Å². The van der Waals surface area contributed by atoms with Crippen LogP contribution < -0.4 is 20.6 Å². The Bertz CT molecular complexity index is 898. The molecule has 0 aliphatic heterocycles. The van der Waals surface area contributed by atoms with E-state index in [2.05, 4.69) is 15.8 Å². The van der Waals surface area contributed by atoms with E-state index in [0.29, 0.717) is 16.3 Å². The van der Waals surface area contributed by atoms with E-state index in [0.717, 1.165) is 5.56 Å². The van der Waals surface area contributed by atoms with Crippen LogP contribution in [0.3, 0.4) is 0 Å². The summed E-state index contributed by atoms with van der Waals surface area (Å²) in [5.41, 5.74) is 3.78. The first-order valence-corrected chi connectivity index (χ1v) is 8.06. The first-order valence-electron chi connectivity index (χ1n) is 7.68. The van der Waals surface area contributed by atoms with Crippen molar-refractivity contribution in [2.75, 3.05) is 11.9 Å². The second-order valence-corrected chi connectivity index (χ2v) is 5.80. The zero-order valence-electron chi connectivity index (χ0n) is 14.2. The van der Waals surface area contributed by atoms with Crippen molar-refractivity contribution in [1.82, 2.24) is 5.43 Å². The number of aliphatic carboxylic acids is 1. The number of carboxylic acids is 1. The minimum Gasteiger partial charge on any atom is -0.546 e. The number of nitrogens with one attached hydrogen (secondary N) is 2. The standard InChI is InChI=1S/C18H16ClN3O5/c1-11-3-2-4-14(7-11)21-17(25)18(26)22-20-9-12-8-13(19)5-6-15(12)27-10-16(23)24/h2-9H,10H2,1H3,(H,21,25)(H,22,26)(H,23,24)/p-1/b20-9-. The van der Waals surface area contributed by atoms with Gasteiger partial charge in [0.05, 0.1) is 12.2 Å². The quantitative estimate of drug-likeness (QED) is 0.432. The number of nitrogens with zero attached hydrogens (tertiary/aromatic N) is 1. The van der Waals surface area contributed by atoms with Crippen LogP contribution in [0.5, 0.6) is 5.75 Å². The minimum atomic E-state index is -1.39. The van der Waals surface area contributed by atoms with E-state index in [-0.39, 0.29) is 5.75 Å². The summed E-state index contributed by atoms with van der Waals surface area (Å²) in [5, 5.41) is 17.0. The Labute approximate surface area is 159 Å². The number of hydrogen-bond donors (Lipinski definition) is 2. The molecule has 27 heavy (non-hydrogen) atoms. The topological polar surface area (TPSA) is 120 Å². The number of rotatable bonds is 6. The predicted octanol–water partition coefficient (Wildman–Crippen LogP) is 0.866. The van der Waals surface area contributed by atoms with Gasteiger partial charge in [-0.2, -0.15) is 5.10 Å². The molecule has 0 aliphatic rings. The molecule has 0 radical (unpaired) electrons. The molecule has 2 N–H and O–H groups in total. The second-order valence-electron chi connectivity index (χ2n) is 5.37. The third kappa shape index (κ3) is 6.44. The molecule has 0 heterocycles. The molecule has 0 unspecified atom stereocenters. The number of halogens is 1. The van der Waals surface area contributed by atoms with Gasteiger partial charge in [-0.05, 0) is 42.8 Å². The maximum atomic E-state index is 11.8. The fraction of sp³-hybridized carbons (Fsp3) is 0.111. The Morgan fingerprint density at radius 3 is 2.67 bits per heavy atom. The largest absolute Gasteiger partial charge is 0.546 e. The molecule has 0 aromatic heterocycles. The van der Waals surface area contributed by atoms with Gasteiger partial charge in [0, 0.05) is 16.3 Å². The average Bonchev–Trinajstić information content (AvgIpc) is 2.60. The van der Waals surface area contributed by atoms with Gasteiger partial charge in [0.25, 0.3) is 0 Å². The van der Waals surface area contributed by atoms with Crippen molar-refractivity contribution in [3.63, 3.8) is 0 Å². The van der Waals surface area contributed by atoms with Gasteiger partial charge in [-0.3, -0.25) is 9.59 Å². The monoisotopic (exact) mass is 388 g/mol. The van der Waals surface area contributed by atoms with Crippen molar-refractivity contribution >= 4 is 41.3 Å². The van der Waals surface area contributed by atoms with Crippen LogP contribution >= 0.6 is 11.6 Å². The lowest BCUT2D eigenvalue weighted by molar-refractivity contribution is -0.307. The van der Waals surface area contributed by atoms with Crippen LogP contribution in [0.4, 0.5) is 5.69 Å². The SMILES string of the molecule is Cc1cccc(NC(=O)C(=O)N/N=C\c2cc(Cl)ccc2OCC(=O)[O-])c1. The van der Waals surface area contributed by atoms with Crippen LogP contribution in [0.1, 0.15) is 11.1 Å². The first kappa shape index (κ1) is 19.9. The molecular formula is C18H15ClN3O5-. The van der Waals surface area contributed by atoms with Crippen LogP contribution in [0.2, 0.25) is 5.02 Å². The number of aryl methyl sites for hydroxylation is 1. The number of carbonyl (C=O) groups is 3. The molecule has 0 spiro atoms. The van der Waals surface area contributed by atoms with Gasteiger partial charge in [-0.15, -0.1) is 0 Å². The summed E-state index contributed by atoms with van der Waals surface area (Å²) in [4.78, 5) is 34.2. The maximum Gasteiger partial charge on any atom is 0.329 e. The molecule has 2 aromatic carbocycles. The van der Waals surface area contributed by atoms with Crippen molar-refractivity contribution in [3.05, 3.63) is 58.6 Å². The lowest BCUT2D eigenvalue weighted by Gasteiger charge is -2.09. The van der Waals surface area contributed by atoms with Crippen molar-refractivity contribution in [2.24, 2.45) is 5.10 Å². The zero-order valence-corrected chi connectivity index (χ0v) is 14.9. The van der Waals surface area contributed by atoms with Gasteiger partial charge in [-0.1, -0.05) is 23.7 Å². The molecule has 140 valence electrons. The van der Waals surface area contributed by atoms with E-state index in [1.165, 1.54) is 24.4 Å². The lowest BCUT2D eigenvalue weighted by Crippen LogP contribution is -2.32. The number of ether oxygens (including phenoxy) is 1. The molecular weight excluding hydrogens is 374 g/mol. The van der Waals surface area contributed by atoms with E-state index in [9.17, 15) is 19.5 Å². The molecule has 2 aromatic rings. The van der Waals surface area contributed by atoms with Gasteiger partial charge in [0.2, 0.25) is 0 Å². The van der Waals surface area contributed by atoms with E-state index in [1.807, 2.05) is 13.0 Å². The molecule has 0 aliphatic carbocycles. The Hall–Kier alpha value is -3.39. The van der Waals surface area contributed by atoms with Crippen molar-refractivity contribution in [2.45, 2.75) is 6.92 Å². The summed E-state index contributed by atoms with van der Waals surface area (Å²) in [6.07, 6.45) is 1.17. The Morgan fingerprint density at radius 2 is 1.96 bits per heavy atom. The van der Waals surface area contributed by atoms with Crippen LogP contribution in [-0.2, 0) is 14.4 Å². The summed E-state index contributed by atoms with van der Waals surface area (Å²) in [6.45, 7) is 1.19. The van der Waals surface area contributed by atoms with Crippen molar-refractivity contribution in [1.29, 1.82) is 0 Å². The normalized spacial score (nSPS) is 10.4. The summed E-state index contributed by atoms with van der Waals surface area (Å²) in [6, 6.07) is 11.3. The molecule has 0 saturated carbocycles. The minimum absolute atomic E-state index is 0.172. The third-order valence-electron chi connectivity index (χ3n) is 3.17. The number of benzene rings is 2. The van der Waals surface area contributed by atoms with Gasteiger partial charge in [0.1, 0.15) is 12.4 Å². The summed E-state index contributed by atoms with van der Waals surface area (Å²) in [7, 11) is 0. The van der Waals surface area contributed by atoms with E-state index in [1.54, 1.807) is 18.2 Å². The molecule has 8 nitrogen and oxygen atoms in total.